The number of amides is 1. The summed E-state index contributed by atoms with van der Waals surface area (Å²) < 4.78 is 5.71. The van der Waals surface area contributed by atoms with E-state index < -0.39 is 0 Å². The number of rotatable bonds is 5. The molecule has 0 bridgehead atoms. The largest absolute Gasteiger partial charge is 0.490 e. The molecule has 1 aliphatic heterocycles. The van der Waals surface area contributed by atoms with Crippen molar-refractivity contribution in [2.45, 2.75) is 39.7 Å². The van der Waals surface area contributed by atoms with Crippen LogP contribution in [0.2, 0.25) is 5.02 Å². The van der Waals surface area contributed by atoms with Crippen molar-refractivity contribution >= 4 is 17.5 Å². The van der Waals surface area contributed by atoms with Gasteiger partial charge in [0.05, 0.1) is 11.7 Å². The number of carbonyl (C=O) groups excluding carboxylic acids is 1. The van der Waals surface area contributed by atoms with Crippen LogP contribution in [0.5, 0.6) is 5.75 Å². The van der Waals surface area contributed by atoms with Crippen LogP contribution >= 0.6 is 11.6 Å². The zero-order valence-corrected chi connectivity index (χ0v) is 14.3. The quantitative estimate of drug-likeness (QED) is 0.874. The van der Waals surface area contributed by atoms with Gasteiger partial charge in [-0.2, -0.15) is 0 Å². The Labute approximate surface area is 137 Å². The monoisotopic (exact) mass is 324 g/mol. The van der Waals surface area contributed by atoms with Gasteiger partial charge in [-0.15, -0.1) is 0 Å². The van der Waals surface area contributed by atoms with Gasteiger partial charge in [-0.05, 0) is 63.4 Å². The topological polar surface area (TPSA) is 50.4 Å². The summed E-state index contributed by atoms with van der Waals surface area (Å²) in [5.41, 5.74) is 0.650. The molecule has 0 aliphatic carbocycles. The molecule has 1 heterocycles. The average Bonchev–Trinajstić information content (AvgIpc) is 2.47. The van der Waals surface area contributed by atoms with Crippen molar-refractivity contribution in [3.05, 3.63) is 28.8 Å². The average molecular weight is 325 g/mol. The first-order chi connectivity index (χ1) is 10.4. The summed E-state index contributed by atoms with van der Waals surface area (Å²) in [6, 6.07) is 5.16. The van der Waals surface area contributed by atoms with Crippen LogP contribution < -0.4 is 15.4 Å². The van der Waals surface area contributed by atoms with Crippen molar-refractivity contribution < 1.29 is 9.53 Å². The summed E-state index contributed by atoms with van der Waals surface area (Å²) in [6.07, 6.45) is 2.14. The van der Waals surface area contributed by atoms with Gasteiger partial charge in [-0.1, -0.05) is 18.5 Å². The summed E-state index contributed by atoms with van der Waals surface area (Å²) in [6.45, 7) is 8.77. The number of nitrogens with one attached hydrogen (secondary N) is 2. The third-order valence-electron chi connectivity index (χ3n) is 4.04. The normalized spacial score (nSPS) is 17.3. The summed E-state index contributed by atoms with van der Waals surface area (Å²) in [7, 11) is 0. The van der Waals surface area contributed by atoms with E-state index in [1.807, 2.05) is 13.8 Å². The predicted octanol–water partition coefficient (Wildman–Crippen LogP) is 3.25. The molecule has 5 heteroatoms. The van der Waals surface area contributed by atoms with Crippen molar-refractivity contribution in [2.75, 3.05) is 19.6 Å². The molecule has 2 N–H and O–H groups in total. The van der Waals surface area contributed by atoms with Gasteiger partial charge in [0.15, 0.2) is 0 Å². The van der Waals surface area contributed by atoms with Gasteiger partial charge in [0.2, 0.25) is 0 Å². The van der Waals surface area contributed by atoms with Gasteiger partial charge in [0, 0.05) is 11.6 Å². The Morgan fingerprint density at radius 2 is 2.09 bits per heavy atom. The van der Waals surface area contributed by atoms with Crippen LogP contribution in [0.25, 0.3) is 0 Å². The van der Waals surface area contributed by atoms with Gasteiger partial charge in [0.1, 0.15) is 5.75 Å². The molecule has 0 aromatic heterocycles. The third kappa shape index (κ3) is 4.62. The second-order valence-corrected chi connectivity index (χ2v) is 6.99. The van der Waals surface area contributed by atoms with Crippen molar-refractivity contribution in [1.82, 2.24) is 10.6 Å². The van der Waals surface area contributed by atoms with Crippen molar-refractivity contribution in [1.29, 1.82) is 0 Å². The standard InChI is InChI=1S/C17H25ClN2O2/c1-12(2)22-15-5-4-13(18)10-14(15)16(21)20-11-17(3)6-8-19-9-7-17/h4-5,10,12,19H,6-9,11H2,1-3H3,(H,20,21). The highest BCUT2D eigenvalue weighted by Gasteiger charge is 2.27. The Kier molecular flexibility index (Phi) is 5.70. The molecule has 1 amide bonds. The fourth-order valence-corrected chi connectivity index (χ4v) is 2.80. The number of hydrogen-bond donors (Lipinski definition) is 2. The van der Waals surface area contributed by atoms with Crippen LogP contribution in [-0.2, 0) is 0 Å². The van der Waals surface area contributed by atoms with Gasteiger partial charge < -0.3 is 15.4 Å². The predicted molar refractivity (Wildman–Crippen MR) is 89.8 cm³/mol. The number of benzene rings is 1. The number of carbonyl (C=O) groups is 1. The van der Waals surface area contributed by atoms with E-state index in [2.05, 4.69) is 17.6 Å². The van der Waals surface area contributed by atoms with Crippen LogP contribution in [0.1, 0.15) is 44.0 Å². The second kappa shape index (κ2) is 7.34. The van der Waals surface area contributed by atoms with Crippen molar-refractivity contribution in [2.24, 2.45) is 5.41 Å². The first-order valence-corrected chi connectivity index (χ1v) is 8.22. The Morgan fingerprint density at radius 3 is 2.73 bits per heavy atom. The first kappa shape index (κ1) is 17.1. The maximum absolute atomic E-state index is 12.5. The Balaban J connectivity index is 2.06. The number of hydrogen-bond acceptors (Lipinski definition) is 3. The molecule has 0 atom stereocenters. The highest BCUT2D eigenvalue weighted by molar-refractivity contribution is 6.31. The first-order valence-electron chi connectivity index (χ1n) is 7.85. The van der Waals surface area contributed by atoms with Gasteiger partial charge in [-0.3, -0.25) is 4.79 Å². The van der Waals surface area contributed by atoms with E-state index in [1.165, 1.54) is 0 Å². The Hall–Kier alpha value is -1.26. The molecule has 1 saturated heterocycles. The molecule has 2 rings (SSSR count). The number of ether oxygens (including phenoxy) is 1. The molecular formula is C17H25ClN2O2. The lowest BCUT2D eigenvalue weighted by atomic mass is 9.81. The molecule has 0 radical (unpaired) electrons. The van der Waals surface area contributed by atoms with E-state index in [1.54, 1.807) is 18.2 Å². The minimum absolute atomic E-state index is 0.00895. The zero-order valence-electron chi connectivity index (χ0n) is 13.5. The molecule has 0 spiro atoms. The van der Waals surface area contributed by atoms with Crippen molar-refractivity contribution in [3.8, 4) is 5.75 Å². The molecule has 1 fully saturated rings. The fraction of sp³-hybridized carbons (Fsp3) is 0.588. The van der Waals surface area contributed by atoms with Crippen LogP contribution in [0, 0.1) is 5.41 Å². The molecule has 0 unspecified atom stereocenters. The Bertz CT molecular complexity index is 525. The highest BCUT2D eigenvalue weighted by atomic mass is 35.5. The SMILES string of the molecule is CC(C)Oc1ccc(Cl)cc1C(=O)NCC1(C)CCNCC1. The van der Waals surface area contributed by atoms with Crippen LogP contribution in [-0.4, -0.2) is 31.6 Å². The maximum atomic E-state index is 12.5. The van der Waals surface area contributed by atoms with E-state index in [9.17, 15) is 4.79 Å². The minimum Gasteiger partial charge on any atom is -0.490 e. The van der Waals surface area contributed by atoms with E-state index >= 15 is 0 Å². The molecule has 122 valence electrons. The lowest BCUT2D eigenvalue weighted by Crippen LogP contribution is -2.43. The van der Waals surface area contributed by atoms with Crippen LogP contribution in [0.15, 0.2) is 18.2 Å². The maximum Gasteiger partial charge on any atom is 0.255 e. The molecular weight excluding hydrogens is 300 g/mol. The van der Waals surface area contributed by atoms with Crippen LogP contribution in [0.4, 0.5) is 0 Å². The zero-order chi connectivity index (χ0) is 16.2. The number of halogens is 1. The highest BCUT2D eigenvalue weighted by Crippen LogP contribution is 2.28. The summed E-state index contributed by atoms with van der Waals surface area (Å²) in [5, 5.41) is 6.93. The minimum atomic E-state index is -0.127. The summed E-state index contributed by atoms with van der Waals surface area (Å²) in [4.78, 5) is 12.5. The summed E-state index contributed by atoms with van der Waals surface area (Å²) in [5.74, 6) is 0.449. The van der Waals surface area contributed by atoms with Crippen LogP contribution in [0.3, 0.4) is 0 Å². The van der Waals surface area contributed by atoms with E-state index in [4.69, 9.17) is 16.3 Å². The van der Waals surface area contributed by atoms with Gasteiger partial charge in [0.25, 0.3) is 5.91 Å². The van der Waals surface area contributed by atoms with E-state index in [0.29, 0.717) is 22.9 Å². The molecule has 1 aromatic carbocycles. The fourth-order valence-electron chi connectivity index (χ4n) is 2.63. The van der Waals surface area contributed by atoms with Crippen molar-refractivity contribution in [3.63, 3.8) is 0 Å². The smallest absolute Gasteiger partial charge is 0.255 e. The lowest BCUT2D eigenvalue weighted by Gasteiger charge is -2.34. The van der Waals surface area contributed by atoms with Gasteiger partial charge in [-0.25, -0.2) is 0 Å². The van der Waals surface area contributed by atoms with Gasteiger partial charge >= 0.3 is 0 Å². The molecule has 1 aromatic rings. The summed E-state index contributed by atoms with van der Waals surface area (Å²) >= 11 is 6.03. The third-order valence-corrected chi connectivity index (χ3v) is 4.27. The Morgan fingerprint density at radius 1 is 1.41 bits per heavy atom. The van der Waals surface area contributed by atoms with E-state index in [0.717, 1.165) is 25.9 Å². The lowest BCUT2D eigenvalue weighted by molar-refractivity contribution is 0.0916. The number of piperidine rings is 1. The molecule has 0 saturated carbocycles. The molecule has 4 nitrogen and oxygen atoms in total. The molecule has 1 aliphatic rings. The molecule has 22 heavy (non-hydrogen) atoms. The second-order valence-electron chi connectivity index (χ2n) is 6.55. The van der Waals surface area contributed by atoms with E-state index in [-0.39, 0.29) is 17.4 Å².